The van der Waals surface area contributed by atoms with E-state index in [2.05, 4.69) is 34.2 Å². The average molecular weight is 540 g/mol. The van der Waals surface area contributed by atoms with Crippen molar-refractivity contribution in [1.82, 2.24) is 19.5 Å². The van der Waals surface area contributed by atoms with Gasteiger partial charge in [-0.1, -0.05) is 41.9 Å². The molecule has 4 aromatic heterocycles. The fraction of sp³-hybridized carbons (Fsp3) is 0.103. The molecule has 0 N–H and O–H groups in total. The highest BCUT2D eigenvalue weighted by Gasteiger charge is 2.29. The lowest BCUT2D eigenvalue weighted by atomic mass is 10.1. The van der Waals surface area contributed by atoms with Gasteiger partial charge in [0.1, 0.15) is 22.5 Å². The van der Waals surface area contributed by atoms with Gasteiger partial charge in [0.15, 0.2) is 0 Å². The molecule has 1 amide bonds. The number of benzene rings is 2. The lowest BCUT2D eigenvalue weighted by molar-refractivity contribution is -0.108. The van der Waals surface area contributed by atoms with E-state index in [0.717, 1.165) is 39.3 Å². The first-order chi connectivity index (χ1) is 18.6. The topological polar surface area (TPSA) is 77.1 Å². The molecule has 4 heterocycles. The van der Waals surface area contributed by atoms with Crippen molar-refractivity contribution in [2.45, 2.75) is 12.5 Å². The van der Waals surface area contributed by atoms with Crippen LogP contribution in [0, 0.1) is 0 Å². The maximum Gasteiger partial charge on any atom is 0.217 e. The summed E-state index contributed by atoms with van der Waals surface area (Å²) in [6.07, 6.45) is 6.61. The molecule has 38 heavy (non-hydrogen) atoms. The van der Waals surface area contributed by atoms with Crippen LogP contribution in [0.15, 0.2) is 95.1 Å². The molecule has 1 atom stereocenters. The monoisotopic (exact) mass is 539 g/mol. The lowest BCUT2D eigenvalue weighted by Crippen LogP contribution is -2.31. The van der Waals surface area contributed by atoms with Crippen molar-refractivity contribution in [3.63, 3.8) is 0 Å². The Bertz CT molecular complexity index is 1690. The fourth-order valence-corrected chi connectivity index (χ4v) is 5.41. The molecule has 0 aliphatic heterocycles. The van der Waals surface area contributed by atoms with E-state index in [9.17, 15) is 4.79 Å². The second-order valence-electron chi connectivity index (χ2n) is 8.80. The number of furan rings is 1. The first-order valence-electron chi connectivity index (χ1n) is 12.0. The van der Waals surface area contributed by atoms with Gasteiger partial charge in [-0.3, -0.25) is 14.7 Å². The molecule has 0 aliphatic rings. The van der Waals surface area contributed by atoms with E-state index in [1.807, 2.05) is 53.5 Å². The van der Waals surface area contributed by atoms with E-state index in [1.54, 1.807) is 40.8 Å². The van der Waals surface area contributed by atoms with E-state index in [-0.39, 0.29) is 0 Å². The molecule has 0 radical (unpaired) electrons. The minimum Gasteiger partial charge on any atom is -0.440 e. The van der Waals surface area contributed by atoms with Gasteiger partial charge >= 0.3 is 0 Å². The molecule has 1 unspecified atom stereocenters. The molecule has 6 aromatic rings. The number of hydrogen-bond donors (Lipinski definition) is 0. The first kappa shape index (κ1) is 24.1. The summed E-state index contributed by atoms with van der Waals surface area (Å²) >= 11 is 7.78. The van der Waals surface area contributed by atoms with Crippen LogP contribution in [0.2, 0.25) is 5.02 Å². The average Bonchev–Trinajstić information content (AvgIpc) is 3.69. The summed E-state index contributed by atoms with van der Waals surface area (Å²) in [4.78, 5) is 27.8. The molecule has 188 valence electrons. The van der Waals surface area contributed by atoms with Gasteiger partial charge in [-0.25, -0.2) is 9.97 Å². The van der Waals surface area contributed by atoms with E-state index >= 15 is 0 Å². The Morgan fingerprint density at radius 1 is 1.03 bits per heavy atom. The number of imidazole rings is 1. The quantitative estimate of drug-likeness (QED) is 0.195. The maximum atomic E-state index is 12.6. The van der Waals surface area contributed by atoms with Gasteiger partial charge in [-0.2, -0.15) is 0 Å². The minimum absolute atomic E-state index is 0.413. The third kappa shape index (κ3) is 4.60. The molecular formula is C29H22ClN5O2S. The summed E-state index contributed by atoms with van der Waals surface area (Å²) in [6, 6.07) is 20.7. The Balaban J connectivity index is 1.40. The van der Waals surface area contributed by atoms with Crippen LogP contribution in [0.3, 0.4) is 0 Å². The molecule has 0 bridgehead atoms. The van der Waals surface area contributed by atoms with Gasteiger partial charge in [0.25, 0.3) is 0 Å². The van der Waals surface area contributed by atoms with E-state index in [0.29, 0.717) is 28.7 Å². The van der Waals surface area contributed by atoms with Gasteiger partial charge in [0.2, 0.25) is 12.3 Å². The number of rotatable bonds is 8. The van der Waals surface area contributed by atoms with E-state index < -0.39 is 6.04 Å². The van der Waals surface area contributed by atoms with Crippen molar-refractivity contribution in [2.75, 3.05) is 4.90 Å². The standard InChI is InChI=1S/C29H22ClN5O2S/c1-34-25(19-5-7-20(8-6-19)29-32-12-13-38-29)17-33-28(34)24(16-23-4-2-3-11-31-23)35(18-36)27-15-21-14-22(30)9-10-26(21)37-27/h2-15,17-18,24H,16H2,1H3. The Hall–Kier alpha value is -4.27. The van der Waals surface area contributed by atoms with Crippen LogP contribution in [0.5, 0.6) is 0 Å². The highest BCUT2D eigenvalue weighted by atomic mass is 35.5. The molecule has 0 spiro atoms. The molecule has 6 rings (SSSR count). The molecule has 0 saturated heterocycles. The normalized spacial score (nSPS) is 12.1. The molecule has 2 aromatic carbocycles. The maximum absolute atomic E-state index is 12.6. The van der Waals surface area contributed by atoms with Crippen molar-refractivity contribution in [1.29, 1.82) is 0 Å². The Kier molecular flexibility index (Phi) is 6.49. The van der Waals surface area contributed by atoms with Crippen LogP contribution in [0.1, 0.15) is 17.6 Å². The number of aromatic nitrogens is 4. The number of pyridine rings is 1. The third-order valence-electron chi connectivity index (χ3n) is 6.48. The minimum atomic E-state index is -0.466. The van der Waals surface area contributed by atoms with Crippen molar-refractivity contribution < 1.29 is 9.21 Å². The Labute approximate surface area is 228 Å². The van der Waals surface area contributed by atoms with Crippen LogP contribution in [0.4, 0.5) is 5.88 Å². The lowest BCUT2D eigenvalue weighted by Gasteiger charge is -2.26. The number of thiazole rings is 1. The number of anilines is 1. The van der Waals surface area contributed by atoms with Crippen LogP contribution in [0.25, 0.3) is 32.8 Å². The number of hydrogen-bond acceptors (Lipinski definition) is 6. The van der Waals surface area contributed by atoms with Crippen LogP contribution >= 0.6 is 22.9 Å². The second kappa shape index (κ2) is 10.2. The molecular weight excluding hydrogens is 518 g/mol. The smallest absolute Gasteiger partial charge is 0.217 e. The van der Waals surface area contributed by atoms with Crippen molar-refractivity contribution in [2.24, 2.45) is 7.05 Å². The zero-order valence-electron chi connectivity index (χ0n) is 20.4. The van der Waals surface area contributed by atoms with Crippen molar-refractivity contribution in [3.05, 3.63) is 107 Å². The predicted octanol–water partition coefficient (Wildman–Crippen LogP) is 6.95. The summed E-state index contributed by atoms with van der Waals surface area (Å²) in [5, 5.41) is 4.36. The van der Waals surface area contributed by atoms with Crippen LogP contribution in [-0.2, 0) is 18.3 Å². The SMILES string of the molecule is Cn1c(-c2ccc(-c3nccs3)cc2)cnc1C(Cc1ccccn1)N(C=O)c1cc2cc(Cl)ccc2o1. The van der Waals surface area contributed by atoms with Gasteiger partial charge in [0.05, 0.1) is 11.9 Å². The Morgan fingerprint density at radius 2 is 1.87 bits per heavy atom. The molecule has 0 saturated carbocycles. The van der Waals surface area contributed by atoms with E-state index in [1.165, 1.54) is 0 Å². The zero-order chi connectivity index (χ0) is 26.1. The zero-order valence-corrected chi connectivity index (χ0v) is 21.9. The summed E-state index contributed by atoms with van der Waals surface area (Å²) in [5.41, 5.74) is 4.49. The summed E-state index contributed by atoms with van der Waals surface area (Å²) in [5.74, 6) is 1.12. The summed E-state index contributed by atoms with van der Waals surface area (Å²) in [7, 11) is 1.96. The van der Waals surface area contributed by atoms with Crippen molar-refractivity contribution in [3.8, 4) is 21.8 Å². The number of carbonyl (C=O) groups is 1. The molecule has 7 nitrogen and oxygen atoms in total. The number of halogens is 1. The number of nitrogens with zero attached hydrogens (tertiary/aromatic N) is 5. The van der Waals surface area contributed by atoms with E-state index in [4.69, 9.17) is 21.0 Å². The summed E-state index contributed by atoms with van der Waals surface area (Å²) in [6.45, 7) is 0. The van der Waals surface area contributed by atoms with Gasteiger partial charge in [-0.15, -0.1) is 11.3 Å². The number of carbonyl (C=O) groups excluding carboxylic acids is 1. The third-order valence-corrected chi connectivity index (χ3v) is 7.54. The molecule has 0 fully saturated rings. The highest BCUT2D eigenvalue weighted by molar-refractivity contribution is 7.13. The highest BCUT2D eigenvalue weighted by Crippen LogP contribution is 2.35. The van der Waals surface area contributed by atoms with Gasteiger partial charge in [0, 0.05) is 59.0 Å². The van der Waals surface area contributed by atoms with Gasteiger partial charge in [-0.05, 0) is 35.9 Å². The second-order valence-corrected chi connectivity index (χ2v) is 10.1. The number of fused-ring (bicyclic) bond motifs is 1. The fourth-order valence-electron chi connectivity index (χ4n) is 4.59. The largest absolute Gasteiger partial charge is 0.440 e. The van der Waals surface area contributed by atoms with Gasteiger partial charge < -0.3 is 8.98 Å². The number of amides is 1. The summed E-state index contributed by atoms with van der Waals surface area (Å²) < 4.78 is 8.09. The molecule has 0 aliphatic carbocycles. The van der Waals surface area contributed by atoms with Crippen LogP contribution in [-0.4, -0.2) is 25.9 Å². The van der Waals surface area contributed by atoms with Crippen molar-refractivity contribution >= 4 is 46.2 Å². The Morgan fingerprint density at radius 3 is 2.61 bits per heavy atom. The van der Waals surface area contributed by atoms with Crippen LogP contribution < -0.4 is 4.90 Å². The predicted molar refractivity (Wildman–Crippen MR) is 150 cm³/mol. The first-order valence-corrected chi connectivity index (χ1v) is 13.2. The molecule has 9 heteroatoms.